The number of alkyl carbamates (subject to hydrolysis) is 1. The summed E-state index contributed by atoms with van der Waals surface area (Å²) in [4.78, 5) is 65.5. The third kappa shape index (κ3) is 10.2. The smallest absolute Gasteiger partial charge is 0.408 e. The fraction of sp³-hybridized carbons (Fsp3) is 0.607. The van der Waals surface area contributed by atoms with E-state index in [0.29, 0.717) is 12.0 Å². The van der Waals surface area contributed by atoms with Gasteiger partial charge in [-0.15, -0.1) is 0 Å². The number of carbonyl (C=O) groups excluding carboxylic acids is 5. The van der Waals surface area contributed by atoms with Crippen molar-refractivity contribution in [2.75, 3.05) is 13.7 Å². The maximum Gasteiger partial charge on any atom is 0.408 e. The van der Waals surface area contributed by atoms with Gasteiger partial charge in [0.05, 0.1) is 7.11 Å². The van der Waals surface area contributed by atoms with Gasteiger partial charge in [-0.1, -0.05) is 30.7 Å². The van der Waals surface area contributed by atoms with E-state index in [1.807, 2.05) is 32.9 Å². The standard InChI is InChI=1S/C28H44N4O7/c1-10-28(7,8)32(25(36)20(13-14-21(29)33)31-26(37)39-27(4,5)6)23(24(35)30-16-22(34)38-9)19-12-11-17(2)15-18(19)3/h11-12,15,20,23H,10,13-14,16H2,1-9H3,(H2,29,33)(H,30,35)(H,31,37). The molecule has 0 saturated heterocycles. The van der Waals surface area contributed by atoms with Gasteiger partial charge in [-0.05, 0) is 72.4 Å². The highest BCUT2D eigenvalue weighted by atomic mass is 16.6. The van der Waals surface area contributed by atoms with Crippen LogP contribution in [0, 0.1) is 13.8 Å². The third-order valence-corrected chi connectivity index (χ3v) is 6.28. The molecule has 2 unspecified atom stereocenters. The molecule has 0 aromatic heterocycles. The second-order valence-corrected chi connectivity index (χ2v) is 11.1. The molecule has 39 heavy (non-hydrogen) atoms. The average molecular weight is 549 g/mol. The normalized spacial score (nSPS) is 13.1. The van der Waals surface area contributed by atoms with Gasteiger partial charge in [-0.3, -0.25) is 19.2 Å². The SMILES string of the molecule is CCC(C)(C)N(C(=O)C(CCC(N)=O)NC(=O)OC(C)(C)C)C(C(=O)NCC(=O)OC)c1ccc(C)cc1C. The average Bonchev–Trinajstić information content (AvgIpc) is 2.82. The van der Waals surface area contributed by atoms with E-state index in [9.17, 15) is 24.0 Å². The molecular formula is C28H44N4O7. The minimum absolute atomic E-state index is 0.104. The number of hydrogen-bond acceptors (Lipinski definition) is 7. The van der Waals surface area contributed by atoms with Crippen molar-refractivity contribution in [3.63, 3.8) is 0 Å². The molecule has 218 valence electrons. The van der Waals surface area contributed by atoms with Crippen LogP contribution < -0.4 is 16.4 Å². The summed E-state index contributed by atoms with van der Waals surface area (Å²) >= 11 is 0. The van der Waals surface area contributed by atoms with Crippen LogP contribution >= 0.6 is 0 Å². The highest BCUT2D eigenvalue weighted by Crippen LogP contribution is 2.34. The van der Waals surface area contributed by atoms with E-state index < -0.39 is 59.6 Å². The highest BCUT2D eigenvalue weighted by Gasteiger charge is 2.43. The lowest BCUT2D eigenvalue weighted by molar-refractivity contribution is -0.150. The van der Waals surface area contributed by atoms with Crippen LogP contribution in [0.2, 0.25) is 0 Å². The summed E-state index contributed by atoms with van der Waals surface area (Å²) in [5, 5.41) is 5.14. The molecule has 11 heteroatoms. The van der Waals surface area contributed by atoms with Crippen LogP contribution in [0.4, 0.5) is 4.79 Å². The first-order chi connectivity index (χ1) is 17.9. The van der Waals surface area contributed by atoms with E-state index in [1.165, 1.54) is 12.0 Å². The first kappa shape index (κ1) is 33.4. The molecule has 0 bridgehead atoms. The molecule has 4 N–H and O–H groups in total. The number of nitrogens with one attached hydrogen (secondary N) is 2. The second-order valence-electron chi connectivity index (χ2n) is 11.1. The number of nitrogens with two attached hydrogens (primary N) is 1. The van der Waals surface area contributed by atoms with Crippen molar-refractivity contribution in [1.29, 1.82) is 0 Å². The molecule has 0 fully saturated rings. The number of carbonyl (C=O) groups is 5. The molecule has 0 radical (unpaired) electrons. The van der Waals surface area contributed by atoms with E-state index in [2.05, 4.69) is 15.4 Å². The van der Waals surface area contributed by atoms with Gasteiger partial charge in [-0.2, -0.15) is 0 Å². The quantitative estimate of drug-likeness (QED) is 0.339. The molecule has 0 spiro atoms. The number of nitrogens with zero attached hydrogens (tertiary/aromatic N) is 1. The monoisotopic (exact) mass is 548 g/mol. The zero-order chi connectivity index (χ0) is 30.1. The number of hydrogen-bond donors (Lipinski definition) is 3. The Hall–Kier alpha value is -3.63. The Morgan fingerprint density at radius 3 is 2.15 bits per heavy atom. The molecule has 1 aromatic carbocycles. The Labute approximate surface area is 231 Å². The molecule has 1 rings (SSSR count). The maximum atomic E-state index is 14.3. The van der Waals surface area contributed by atoms with Crippen LogP contribution in [0.1, 0.15) is 83.5 Å². The predicted octanol–water partition coefficient (Wildman–Crippen LogP) is 2.81. The van der Waals surface area contributed by atoms with Crippen LogP contribution in [-0.4, -0.2) is 65.5 Å². The van der Waals surface area contributed by atoms with Crippen molar-refractivity contribution in [3.8, 4) is 0 Å². The zero-order valence-corrected chi connectivity index (χ0v) is 24.6. The van der Waals surface area contributed by atoms with Crippen LogP contribution in [-0.2, 0) is 28.7 Å². The number of esters is 1. The minimum Gasteiger partial charge on any atom is -0.468 e. The Balaban J connectivity index is 3.72. The Morgan fingerprint density at radius 2 is 1.67 bits per heavy atom. The fourth-order valence-corrected chi connectivity index (χ4v) is 3.97. The lowest BCUT2D eigenvalue weighted by Crippen LogP contribution is -2.59. The first-order valence-corrected chi connectivity index (χ1v) is 13.0. The summed E-state index contributed by atoms with van der Waals surface area (Å²) in [5.74, 6) is -2.51. The second kappa shape index (κ2) is 14.0. The summed E-state index contributed by atoms with van der Waals surface area (Å²) in [6.45, 7) is 13.9. The molecule has 0 heterocycles. The number of aryl methyl sites for hydroxylation is 2. The van der Waals surface area contributed by atoms with E-state index in [-0.39, 0.29) is 12.8 Å². The molecule has 0 aliphatic heterocycles. The first-order valence-electron chi connectivity index (χ1n) is 13.0. The number of rotatable bonds is 12. The van der Waals surface area contributed by atoms with Crippen molar-refractivity contribution >= 4 is 29.8 Å². The van der Waals surface area contributed by atoms with E-state index in [4.69, 9.17) is 10.5 Å². The lowest BCUT2D eigenvalue weighted by atomic mass is 9.89. The van der Waals surface area contributed by atoms with Gasteiger partial charge in [0.2, 0.25) is 17.7 Å². The number of methoxy groups -OCH3 is 1. The van der Waals surface area contributed by atoms with Crippen LogP contribution in [0.25, 0.3) is 0 Å². The summed E-state index contributed by atoms with van der Waals surface area (Å²) < 4.78 is 10.0. The van der Waals surface area contributed by atoms with Crippen molar-refractivity contribution in [1.82, 2.24) is 15.5 Å². The number of primary amides is 1. The fourth-order valence-electron chi connectivity index (χ4n) is 3.97. The van der Waals surface area contributed by atoms with E-state index in [0.717, 1.165) is 11.1 Å². The molecule has 11 nitrogen and oxygen atoms in total. The Morgan fingerprint density at radius 1 is 1.05 bits per heavy atom. The van der Waals surface area contributed by atoms with Gasteiger partial charge in [0, 0.05) is 12.0 Å². The third-order valence-electron chi connectivity index (χ3n) is 6.28. The lowest BCUT2D eigenvalue weighted by Gasteiger charge is -2.45. The van der Waals surface area contributed by atoms with Crippen LogP contribution in [0.15, 0.2) is 18.2 Å². The molecule has 0 aliphatic carbocycles. The zero-order valence-electron chi connectivity index (χ0n) is 24.6. The van der Waals surface area contributed by atoms with Gasteiger partial charge in [0.1, 0.15) is 24.2 Å². The summed E-state index contributed by atoms with van der Waals surface area (Å²) in [7, 11) is 1.21. The van der Waals surface area contributed by atoms with E-state index in [1.54, 1.807) is 40.7 Å². The molecule has 0 saturated carbocycles. The number of amides is 4. The minimum atomic E-state index is -1.22. The molecular weight excluding hydrogens is 504 g/mol. The topological polar surface area (TPSA) is 157 Å². The Bertz CT molecular complexity index is 1060. The summed E-state index contributed by atoms with van der Waals surface area (Å²) in [5.41, 5.74) is 5.89. The van der Waals surface area contributed by atoms with Crippen LogP contribution in [0.3, 0.4) is 0 Å². The van der Waals surface area contributed by atoms with Crippen molar-refractivity contribution in [2.45, 2.75) is 97.9 Å². The summed E-state index contributed by atoms with van der Waals surface area (Å²) in [6.07, 6.45) is -0.695. The molecule has 4 amide bonds. The van der Waals surface area contributed by atoms with Crippen molar-refractivity contribution in [2.24, 2.45) is 5.73 Å². The van der Waals surface area contributed by atoms with Gasteiger partial charge in [0.15, 0.2) is 0 Å². The van der Waals surface area contributed by atoms with Gasteiger partial charge < -0.3 is 30.7 Å². The summed E-state index contributed by atoms with van der Waals surface area (Å²) in [6, 6.07) is 3.09. The van der Waals surface area contributed by atoms with Crippen molar-refractivity contribution < 1.29 is 33.4 Å². The van der Waals surface area contributed by atoms with Gasteiger partial charge in [-0.25, -0.2) is 4.79 Å². The Kier molecular flexibility index (Phi) is 12.0. The van der Waals surface area contributed by atoms with Gasteiger partial charge >= 0.3 is 12.1 Å². The van der Waals surface area contributed by atoms with Crippen molar-refractivity contribution in [3.05, 3.63) is 34.9 Å². The van der Waals surface area contributed by atoms with E-state index >= 15 is 0 Å². The highest BCUT2D eigenvalue weighted by molar-refractivity contribution is 5.94. The largest absolute Gasteiger partial charge is 0.468 e. The maximum absolute atomic E-state index is 14.3. The van der Waals surface area contributed by atoms with Crippen LogP contribution in [0.5, 0.6) is 0 Å². The number of benzene rings is 1. The number of ether oxygens (including phenoxy) is 2. The molecule has 2 atom stereocenters. The van der Waals surface area contributed by atoms with Gasteiger partial charge in [0.25, 0.3) is 0 Å². The molecule has 1 aromatic rings. The predicted molar refractivity (Wildman–Crippen MR) is 146 cm³/mol. The molecule has 0 aliphatic rings.